The highest BCUT2D eigenvalue weighted by atomic mass is 16.5. The van der Waals surface area contributed by atoms with E-state index in [1.54, 1.807) is 18.1 Å². The number of hydrogen-bond acceptors (Lipinski definition) is 6. The summed E-state index contributed by atoms with van der Waals surface area (Å²) in [5, 5.41) is 6.63. The van der Waals surface area contributed by atoms with E-state index in [0.717, 1.165) is 36.6 Å². The molecule has 10 nitrogen and oxygen atoms in total. The van der Waals surface area contributed by atoms with Crippen molar-refractivity contribution in [2.75, 3.05) is 26.8 Å². The maximum atomic E-state index is 14.0. The van der Waals surface area contributed by atoms with Crippen molar-refractivity contribution in [3.05, 3.63) is 30.0 Å². The van der Waals surface area contributed by atoms with Gasteiger partial charge < -0.3 is 30.0 Å². The van der Waals surface area contributed by atoms with Crippen molar-refractivity contribution in [3.63, 3.8) is 0 Å². The van der Waals surface area contributed by atoms with Crippen LogP contribution in [0, 0.1) is 17.8 Å². The van der Waals surface area contributed by atoms with E-state index in [0.29, 0.717) is 44.0 Å². The number of methoxy groups -OCH3 is 1. The number of benzene rings is 1. The molecule has 10 heteroatoms. The van der Waals surface area contributed by atoms with Gasteiger partial charge in [-0.1, -0.05) is 12.5 Å². The van der Waals surface area contributed by atoms with Gasteiger partial charge in [-0.2, -0.15) is 0 Å². The third kappa shape index (κ3) is 4.79. The summed E-state index contributed by atoms with van der Waals surface area (Å²) in [6, 6.07) is 5.87. The molecular formula is C29H36N4O6. The molecule has 2 aromatic rings. The highest BCUT2D eigenvalue weighted by Crippen LogP contribution is 2.43. The van der Waals surface area contributed by atoms with Crippen LogP contribution in [0.3, 0.4) is 0 Å². The minimum atomic E-state index is -0.829. The Labute approximate surface area is 227 Å². The molecule has 1 saturated carbocycles. The maximum Gasteiger partial charge on any atom is 0.271 e. The molecule has 6 rings (SSSR count). The minimum absolute atomic E-state index is 0.0427. The van der Waals surface area contributed by atoms with Crippen molar-refractivity contribution < 1.29 is 28.7 Å². The third-order valence-electron chi connectivity index (χ3n) is 9.08. The number of rotatable bonds is 8. The van der Waals surface area contributed by atoms with Gasteiger partial charge in [0.2, 0.25) is 11.8 Å². The fraction of sp³-hybridized carbons (Fsp3) is 0.586. The van der Waals surface area contributed by atoms with Gasteiger partial charge in [-0.05, 0) is 68.6 Å². The summed E-state index contributed by atoms with van der Waals surface area (Å²) >= 11 is 0. The molecule has 208 valence electrons. The van der Waals surface area contributed by atoms with Crippen LogP contribution in [-0.4, -0.2) is 78.4 Å². The lowest BCUT2D eigenvalue weighted by atomic mass is 9.90. The summed E-state index contributed by atoms with van der Waals surface area (Å²) in [4.78, 5) is 58.5. The predicted molar refractivity (Wildman–Crippen MR) is 142 cm³/mol. The Kier molecular flexibility index (Phi) is 7.05. The number of amides is 3. The zero-order valence-electron chi connectivity index (χ0n) is 22.2. The van der Waals surface area contributed by atoms with E-state index in [1.165, 1.54) is 0 Å². The number of hydrogen-bond donors (Lipinski definition) is 3. The lowest BCUT2D eigenvalue weighted by Gasteiger charge is -2.30. The van der Waals surface area contributed by atoms with Gasteiger partial charge in [-0.25, -0.2) is 0 Å². The second-order valence-corrected chi connectivity index (χ2v) is 11.3. The van der Waals surface area contributed by atoms with E-state index < -0.39 is 18.2 Å². The number of aromatic amines is 1. The number of aromatic nitrogens is 1. The fourth-order valence-electron chi connectivity index (χ4n) is 7.11. The number of ketones is 1. The van der Waals surface area contributed by atoms with Gasteiger partial charge in [-0.3, -0.25) is 19.2 Å². The summed E-state index contributed by atoms with van der Waals surface area (Å²) in [5.41, 5.74) is 1.19. The van der Waals surface area contributed by atoms with Crippen LogP contribution in [0.2, 0.25) is 0 Å². The van der Waals surface area contributed by atoms with Gasteiger partial charge >= 0.3 is 0 Å². The molecule has 0 radical (unpaired) electrons. The van der Waals surface area contributed by atoms with E-state index in [9.17, 15) is 19.2 Å². The van der Waals surface area contributed by atoms with Gasteiger partial charge in [0.1, 0.15) is 23.6 Å². The monoisotopic (exact) mass is 536 g/mol. The number of nitrogens with zero attached hydrogens (tertiary/aromatic N) is 1. The molecule has 0 bridgehead atoms. The molecule has 3 N–H and O–H groups in total. The predicted octanol–water partition coefficient (Wildman–Crippen LogP) is 2.18. The summed E-state index contributed by atoms with van der Waals surface area (Å²) in [5.74, 6) is -0.192. The van der Waals surface area contributed by atoms with E-state index in [4.69, 9.17) is 9.47 Å². The van der Waals surface area contributed by atoms with Crippen molar-refractivity contribution in [1.82, 2.24) is 20.5 Å². The Morgan fingerprint density at radius 3 is 2.79 bits per heavy atom. The largest absolute Gasteiger partial charge is 0.496 e. The first kappa shape index (κ1) is 25.9. The molecule has 3 saturated heterocycles. The van der Waals surface area contributed by atoms with Crippen LogP contribution in [-0.2, 0) is 19.1 Å². The highest BCUT2D eigenvalue weighted by Gasteiger charge is 2.50. The molecule has 4 heterocycles. The van der Waals surface area contributed by atoms with Crippen molar-refractivity contribution in [2.45, 2.75) is 63.1 Å². The third-order valence-corrected chi connectivity index (χ3v) is 9.08. The molecular weight excluding hydrogens is 500 g/mol. The average Bonchev–Trinajstić information content (AvgIpc) is 3.75. The van der Waals surface area contributed by atoms with Gasteiger partial charge in [0.15, 0.2) is 5.78 Å². The van der Waals surface area contributed by atoms with Crippen LogP contribution < -0.4 is 15.4 Å². The first-order valence-electron chi connectivity index (χ1n) is 14.1. The Morgan fingerprint density at radius 2 is 2.05 bits per heavy atom. The number of carbonyl (C=O) groups excluding carboxylic acids is 4. The minimum Gasteiger partial charge on any atom is -0.496 e. The highest BCUT2D eigenvalue weighted by molar-refractivity contribution is 6.02. The van der Waals surface area contributed by atoms with Gasteiger partial charge in [0.05, 0.1) is 13.2 Å². The lowest BCUT2D eigenvalue weighted by molar-refractivity contribution is -0.136. The Balaban J connectivity index is 1.26. The van der Waals surface area contributed by atoms with E-state index in [1.807, 2.05) is 18.2 Å². The lowest BCUT2D eigenvalue weighted by Crippen LogP contribution is -2.54. The Morgan fingerprint density at radius 1 is 1.18 bits per heavy atom. The molecule has 1 aromatic carbocycles. The van der Waals surface area contributed by atoms with Crippen LogP contribution in [0.5, 0.6) is 5.75 Å². The van der Waals surface area contributed by atoms with E-state index in [-0.39, 0.29) is 47.7 Å². The van der Waals surface area contributed by atoms with Crippen LogP contribution >= 0.6 is 0 Å². The summed E-state index contributed by atoms with van der Waals surface area (Å²) < 4.78 is 11.1. The smallest absolute Gasteiger partial charge is 0.271 e. The van der Waals surface area contributed by atoms with Gasteiger partial charge in [0, 0.05) is 36.5 Å². The number of ether oxygens (including phenoxy) is 2. The number of likely N-dealkylation sites (tertiary alicyclic amines) is 1. The first-order chi connectivity index (χ1) is 18.9. The molecule has 4 fully saturated rings. The standard InChI is InChI=1S/C29H36N4O6/c1-38-23-8-3-7-20-19(23)14-22(31-20)29(37)33-15-17-5-2-6-18(17)25(33)28(36)32-21(13-16-10-11-30-27(16)35)26(34)24-9-4-12-39-24/h3,7-8,14,16-18,21,24-25,31H,2,4-6,9-13,15H2,1H3,(H,30,35)(H,32,36). The zero-order valence-corrected chi connectivity index (χ0v) is 22.2. The summed E-state index contributed by atoms with van der Waals surface area (Å²) in [7, 11) is 1.59. The Bertz CT molecular complexity index is 1280. The second kappa shape index (κ2) is 10.6. The number of fused-ring (bicyclic) bond motifs is 2. The van der Waals surface area contributed by atoms with Crippen LogP contribution in [0.25, 0.3) is 10.9 Å². The van der Waals surface area contributed by atoms with E-state index in [2.05, 4.69) is 15.6 Å². The van der Waals surface area contributed by atoms with E-state index >= 15 is 0 Å². The summed E-state index contributed by atoms with van der Waals surface area (Å²) in [6.07, 6.45) is 4.57. The van der Waals surface area contributed by atoms with Crippen LogP contribution in [0.1, 0.15) is 55.4 Å². The first-order valence-corrected chi connectivity index (χ1v) is 14.1. The van der Waals surface area contributed by atoms with Crippen molar-refractivity contribution >= 4 is 34.4 Å². The molecule has 3 aliphatic heterocycles. The normalized spacial score (nSPS) is 28.9. The molecule has 3 amide bonds. The average molecular weight is 537 g/mol. The Hall–Kier alpha value is -3.40. The van der Waals surface area contributed by atoms with Crippen LogP contribution in [0.4, 0.5) is 0 Å². The van der Waals surface area contributed by atoms with Crippen molar-refractivity contribution in [2.24, 2.45) is 17.8 Å². The number of nitrogens with one attached hydrogen (secondary N) is 3. The topological polar surface area (TPSA) is 130 Å². The molecule has 1 aromatic heterocycles. The molecule has 6 unspecified atom stereocenters. The van der Waals surface area contributed by atoms with Crippen molar-refractivity contribution in [1.29, 1.82) is 0 Å². The molecule has 1 aliphatic carbocycles. The SMILES string of the molecule is COc1cccc2[nH]c(C(=O)N3CC4CCCC4C3C(=O)NC(CC3CCNC3=O)C(=O)C3CCCO3)cc12. The fourth-order valence-corrected chi connectivity index (χ4v) is 7.11. The number of Topliss-reactive ketones (excluding diaryl/α,β-unsaturated/α-hetero) is 1. The second-order valence-electron chi connectivity index (χ2n) is 11.3. The molecule has 4 aliphatic rings. The zero-order chi connectivity index (χ0) is 27.1. The van der Waals surface area contributed by atoms with Crippen molar-refractivity contribution in [3.8, 4) is 5.75 Å². The molecule has 0 spiro atoms. The van der Waals surface area contributed by atoms with Gasteiger partial charge in [0.25, 0.3) is 5.91 Å². The summed E-state index contributed by atoms with van der Waals surface area (Å²) in [6.45, 7) is 1.59. The quantitative estimate of drug-likeness (QED) is 0.474. The number of H-pyrrole nitrogens is 1. The van der Waals surface area contributed by atoms with Crippen LogP contribution in [0.15, 0.2) is 24.3 Å². The van der Waals surface area contributed by atoms with Gasteiger partial charge in [-0.15, -0.1) is 0 Å². The molecule has 6 atom stereocenters. The molecule has 39 heavy (non-hydrogen) atoms. The maximum absolute atomic E-state index is 14.0. The number of carbonyl (C=O) groups is 4.